The predicted molar refractivity (Wildman–Crippen MR) is 138 cm³/mol. The van der Waals surface area contributed by atoms with Crippen LogP contribution in [0.25, 0.3) is 0 Å². The summed E-state index contributed by atoms with van der Waals surface area (Å²) < 4.78 is 11.6. The highest BCUT2D eigenvalue weighted by atomic mass is 16.5. The first-order chi connectivity index (χ1) is 17.3. The lowest BCUT2D eigenvalue weighted by Gasteiger charge is -2.22. The van der Waals surface area contributed by atoms with E-state index in [0.717, 1.165) is 0 Å². The van der Waals surface area contributed by atoms with Gasteiger partial charge in [0, 0.05) is 23.6 Å². The number of carbonyl (C=O) groups excluding carboxylic acids is 2. The van der Waals surface area contributed by atoms with E-state index in [2.05, 4.69) is 15.6 Å². The minimum absolute atomic E-state index is 0.0188. The van der Waals surface area contributed by atoms with Crippen molar-refractivity contribution in [3.8, 4) is 11.5 Å². The Bertz CT molecular complexity index is 1200. The van der Waals surface area contributed by atoms with E-state index >= 15 is 0 Å². The molecular weight excluding hydrogens is 458 g/mol. The molecule has 0 aliphatic rings. The molecule has 188 valence electrons. The number of hydrogen-bond acceptors (Lipinski definition) is 7. The van der Waals surface area contributed by atoms with Gasteiger partial charge in [-0.1, -0.05) is 12.1 Å². The first-order valence-corrected chi connectivity index (χ1v) is 11.6. The molecule has 2 aromatic carbocycles. The maximum absolute atomic E-state index is 13.3. The third kappa shape index (κ3) is 7.30. The van der Waals surface area contributed by atoms with Gasteiger partial charge in [0.25, 0.3) is 5.91 Å². The Morgan fingerprint density at radius 3 is 2.44 bits per heavy atom. The summed E-state index contributed by atoms with van der Waals surface area (Å²) in [5.74, 6) is 0.0279. The van der Waals surface area contributed by atoms with Crippen LogP contribution >= 0.6 is 0 Å². The summed E-state index contributed by atoms with van der Waals surface area (Å²) in [5, 5.41) is 13.2. The average Bonchev–Trinajstić information content (AvgIpc) is 2.84. The van der Waals surface area contributed by atoms with Crippen molar-refractivity contribution in [3.05, 3.63) is 83.7 Å². The van der Waals surface area contributed by atoms with Gasteiger partial charge in [-0.05, 0) is 74.4 Å². The number of nitrogen functional groups attached to an aromatic ring is 1. The second-order valence-corrected chi connectivity index (χ2v) is 8.32. The number of anilines is 1. The summed E-state index contributed by atoms with van der Waals surface area (Å²) in [6, 6.07) is 14.6. The zero-order valence-corrected chi connectivity index (χ0v) is 20.6. The van der Waals surface area contributed by atoms with Crippen molar-refractivity contribution in [3.63, 3.8) is 0 Å². The number of amides is 2. The number of hydrogen-bond donors (Lipinski definition) is 4. The summed E-state index contributed by atoms with van der Waals surface area (Å²) in [6.45, 7) is 6.11. The molecule has 0 radical (unpaired) electrons. The van der Waals surface area contributed by atoms with E-state index in [1.54, 1.807) is 67.0 Å². The van der Waals surface area contributed by atoms with Gasteiger partial charge in [-0.2, -0.15) is 0 Å². The van der Waals surface area contributed by atoms with Gasteiger partial charge in [0.1, 0.15) is 11.9 Å². The molecule has 1 atom stereocenters. The molecule has 0 saturated carbocycles. The second kappa shape index (κ2) is 12.3. The predicted octanol–water partition coefficient (Wildman–Crippen LogP) is 3.59. The molecular formula is C27H31N5O4. The van der Waals surface area contributed by atoms with Gasteiger partial charge in [0.15, 0.2) is 11.5 Å². The molecule has 3 rings (SSSR count). The molecule has 1 aromatic heterocycles. The maximum atomic E-state index is 13.3. The fourth-order valence-electron chi connectivity index (χ4n) is 3.48. The quantitative estimate of drug-likeness (QED) is 0.238. The molecule has 2 amide bonds. The van der Waals surface area contributed by atoms with Gasteiger partial charge < -0.3 is 20.5 Å². The fraction of sp³-hybridized carbons (Fsp3) is 0.259. The first-order valence-electron chi connectivity index (χ1n) is 11.6. The summed E-state index contributed by atoms with van der Waals surface area (Å²) >= 11 is 0. The second-order valence-electron chi connectivity index (χ2n) is 8.32. The number of amidine groups is 1. The van der Waals surface area contributed by atoms with E-state index in [1.165, 1.54) is 0 Å². The van der Waals surface area contributed by atoms with Gasteiger partial charge in [-0.25, -0.2) is 0 Å². The van der Waals surface area contributed by atoms with Gasteiger partial charge in [-0.3, -0.25) is 25.3 Å². The number of imide groups is 1. The molecule has 1 heterocycles. The Morgan fingerprint density at radius 2 is 1.83 bits per heavy atom. The third-order valence-electron chi connectivity index (χ3n) is 5.08. The Labute approximate surface area is 210 Å². The van der Waals surface area contributed by atoms with E-state index in [-0.39, 0.29) is 18.4 Å². The molecule has 0 bridgehead atoms. The van der Waals surface area contributed by atoms with Crippen molar-refractivity contribution in [1.82, 2.24) is 10.3 Å². The standard InChI is InChI=1S/C27H31N5O4/c1-4-35-23-15-20(9-12-22(23)36-17(2)3)25(31-21-10-7-19(8-11-21)26(28)29)27(34)32-24(33)14-18-6-5-13-30-16-18/h5-13,15-17,25,31H,4,14H2,1-3H3,(H3,28,29)(H,32,33,34). The van der Waals surface area contributed by atoms with E-state index in [4.69, 9.17) is 20.6 Å². The number of pyridine rings is 1. The Balaban J connectivity index is 1.90. The van der Waals surface area contributed by atoms with Crippen molar-refractivity contribution >= 4 is 23.3 Å². The zero-order chi connectivity index (χ0) is 26.1. The number of nitrogens with zero attached hydrogens (tertiary/aromatic N) is 1. The number of benzene rings is 2. The topological polar surface area (TPSA) is 139 Å². The van der Waals surface area contributed by atoms with Crippen LogP contribution in [0.3, 0.4) is 0 Å². The van der Waals surface area contributed by atoms with E-state index in [0.29, 0.717) is 40.5 Å². The lowest BCUT2D eigenvalue weighted by molar-refractivity contribution is -0.130. The van der Waals surface area contributed by atoms with Gasteiger partial charge in [0.2, 0.25) is 5.91 Å². The van der Waals surface area contributed by atoms with Crippen LogP contribution in [0.2, 0.25) is 0 Å². The SMILES string of the molecule is CCOc1cc(C(Nc2ccc(C(=N)N)cc2)C(=O)NC(=O)Cc2cccnc2)ccc1OC(C)C. The van der Waals surface area contributed by atoms with E-state index in [1.807, 2.05) is 20.8 Å². The normalized spacial score (nSPS) is 11.4. The third-order valence-corrected chi connectivity index (χ3v) is 5.08. The summed E-state index contributed by atoms with van der Waals surface area (Å²) in [5.41, 5.74) is 7.99. The maximum Gasteiger partial charge on any atom is 0.253 e. The van der Waals surface area contributed by atoms with Crippen molar-refractivity contribution in [2.45, 2.75) is 39.3 Å². The Morgan fingerprint density at radius 1 is 1.08 bits per heavy atom. The van der Waals surface area contributed by atoms with Crippen molar-refractivity contribution in [2.75, 3.05) is 11.9 Å². The number of ether oxygens (including phenoxy) is 2. The highest BCUT2D eigenvalue weighted by molar-refractivity contribution is 6.00. The van der Waals surface area contributed by atoms with Gasteiger partial charge in [-0.15, -0.1) is 0 Å². The fourth-order valence-corrected chi connectivity index (χ4v) is 3.48. The Hall–Kier alpha value is -4.40. The molecule has 5 N–H and O–H groups in total. The molecule has 0 fully saturated rings. The van der Waals surface area contributed by atoms with Crippen LogP contribution in [0.5, 0.6) is 11.5 Å². The largest absolute Gasteiger partial charge is 0.490 e. The van der Waals surface area contributed by atoms with Crippen LogP contribution in [0.4, 0.5) is 5.69 Å². The molecule has 9 heteroatoms. The lowest BCUT2D eigenvalue weighted by Crippen LogP contribution is -2.38. The number of nitrogens with one attached hydrogen (secondary N) is 3. The molecule has 36 heavy (non-hydrogen) atoms. The molecule has 0 aliphatic heterocycles. The molecule has 1 unspecified atom stereocenters. The average molecular weight is 490 g/mol. The molecule has 3 aromatic rings. The van der Waals surface area contributed by atoms with Crippen LogP contribution in [0, 0.1) is 5.41 Å². The van der Waals surface area contributed by atoms with Crippen LogP contribution in [0.1, 0.15) is 43.5 Å². The van der Waals surface area contributed by atoms with Crippen molar-refractivity contribution < 1.29 is 19.1 Å². The molecule has 0 saturated heterocycles. The van der Waals surface area contributed by atoms with Crippen molar-refractivity contribution in [2.24, 2.45) is 5.73 Å². The highest BCUT2D eigenvalue weighted by Crippen LogP contribution is 2.33. The summed E-state index contributed by atoms with van der Waals surface area (Å²) in [7, 11) is 0. The monoisotopic (exact) mass is 489 g/mol. The van der Waals surface area contributed by atoms with Gasteiger partial charge >= 0.3 is 0 Å². The molecule has 0 spiro atoms. The van der Waals surface area contributed by atoms with Crippen LogP contribution in [-0.2, 0) is 16.0 Å². The lowest BCUT2D eigenvalue weighted by atomic mass is 10.0. The van der Waals surface area contributed by atoms with E-state index in [9.17, 15) is 9.59 Å². The minimum atomic E-state index is -0.918. The van der Waals surface area contributed by atoms with Crippen LogP contribution in [-0.4, -0.2) is 35.3 Å². The van der Waals surface area contributed by atoms with Crippen molar-refractivity contribution in [1.29, 1.82) is 5.41 Å². The van der Waals surface area contributed by atoms with E-state index < -0.39 is 17.9 Å². The number of nitrogens with two attached hydrogens (primary N) is 1. The molecule has 9 nitrogen and oxygen atoms in total. The Kier molecular flexibility index (Phi) is 8.99. The minimum Gasteiger partial charge on any atom is -0.490 e. The zero-order valence-electron chi connectivity index (χ0n) is 20.6. The molecule has 0 aliphatic carbocycles. The number of rotatable bonds is 11. The highest BCUT2D eigenvalue weighted by Gasteiger charge is 2.24. The smallest absolute Gasteiger partial charge is 0.253 e. The summed E-state index contributed by atoms with van der Waals surface area (Å²) in [6.07, 6.45) is 3.16. The number of aromatic nitrogens is 1. The van der Waals surface area contributed by atoms with Crippen LogP contribution in [0.15, 0.2) is 67.0 Å². The number of carbonyl (C=O) groups is 2. The van der Waals surface area contributed by atoms with Crippen LogP contribution < -0.4 is 25.8 Å². The first kappa shape index (κ1) is 26.2. The summed E-state index contributed by atoms with van der Waals surface area (Å²) in [4.78, 5) is 29.9. The van der Waals surface area contributed by atoms with Gasteiger partial charge in [0.05, 0.1) is 19.1 Å².